The summed E-state index contributed by atoms with van der Waals surface area (Å²) in [4.78, 5) is 9.93. The summed E-state index contributed by atoms with van der Waals surface area (Å²) in [5, 5.41) is 0. The summed E-state index contributed by atoms with van der Waals surface area (Å²) in [6.07, 6.45) is 10.3. The van der Waals surface area contributed by atoms with Gasteiger partial charge < -0.3 is 0 Å². The quantitative estimate of drug-likeness (QED) is 0.315. The first kappa shape index (κ1) is 7.72. The normalized spacial score (nSPS) is 23.7. The highest BCUT2D eigenvalue weighted by molar-refractivity contribution is 14.1. The zero-order valence-electron chi connectivity index (χ0n) is 5.33. The first-order valence-corrected chi connectivity index (χ1v) is 4.23. The van der Waals surface area contributed by atoms with Crippen LogP contribution < -0.4 is 0 Å². The van der Waals surface area contributed by atoms with E-state index in [-0.39, 0.29) is 0 Å². The molecule has 0 aromatic rings. The minimum atomic E-state index is 0.439. The van der Waals surface area contributed by atoms with Gasteiger partial charge in [0, 0.05) is 0 Å². The monoisotopic (exact) mass is 246 g/mol. The van der Waals surface area contributed by atoms with Crippen molar-refractivity contribution < 1.29 is 4.79 Å². The third kappa shape index (κ3) is 1.80. The molecule has 1 rings (SSSR count). The van der Waals surface area contributed by atoms with Crippen LogP contribution in [0.1, 0.15) is 0 Å². The van der Waals surface area contributed by atoms with Crippen LogP contribution in [0.3, 0.4) is 0 Å². The smallest absolute Gasteiger partial charge is 0.142 e. The van der Waals surface area contributed by atoms with E-state index in [4.69, 9.17) is 0 Å². The van der Waals surface area contributed by atoms with Gasteiger partial charge in [-0.05, 0) is 11.6 Å². The highest BCUT2D eigenvalue weighted by Crippen LogP contribution is 2.20. The summed E-state index contributed by atoms with van der Waals surface area (Å²) in [5.41, 5.74) is 1.19. The number of hydrogen-bond acceptors (Lipinski definition) is 1. The molecule has 0 bridgehead atoms. The molecule has 52 valence electrons. The third-order valence-corrected chi connectivity index (χ3v) is 2.39. The molecule has 0 aliphatic heterocycles. The number of rotatable bonds is 2. The van der Waals surface area contributed by atoms with E-state index in [1.54, 1.807) is 0 Å². The van der Waals surface area contributed by atoms with E-state index < -0.39 is 0 Å². The van der Waals surface area contributed by atoms with Crippen molar-refractivity contribution in [3.63, 3.8) is 0 Å². The molecule has 0 fully saturated rings. The van der Waals surface area contributed by atoms with Crippen molar-refractivity contribution in [2.75, 3.05) is 0 Å². The number of aldehydes is 1. The van der Waals surface area contributed by atoms with E-state index in [0.29, 0.717) is 3.92 Å². The van der Waals surface area contributed by atoms with Crippen LogP contribution in [0.5, 0.6) is 0 Å². The molecule has 0 unspecified atom stereocenters. The maximum atomic E-state index is 9.93. The fourth-order valence-corrected chi connectivity index (χ4v) is 1.42. The Morgan fingerprint density at radius 3 is 2.90 bits per heavy atom. The second kappa shape index (κ2) is 3.71. The molecule has 1 nitrogen and oxygen atoms in total. The first-order valence-electron chi connectivity index (χ1n) is 2.99. The maximum absolute atomic E-state index is 9.93. The van der Waals surface area contributed by atoms with Crippen molar-refractivity contribution in [2.45, 2.75) is 3.92 Å². The molecule has 1 aliphatic carbocycles. The van der Waals surface area contributed by atoms with Gasteiger partial charge in [0.1, 0.15) is 6.29 Å². The largest absolute Gasteiger partial charge is 0.299 e. The molecule has 0 heterocycles. The van der Waals surface area contributed by atoms with E-state index >= 15 is 0 Å². The summed E-state index contributed by atoms with van der Waals surface area (Å²) in [7, 11) is 0. The summed E-state index contributed by atoms with van der Waals surface area (Å²) >= 11 is 2.31. The van der Waals surface area contributed by atoms with E-state index in [1.165, 1.54) is 11.6 Å². The first-order chi connectivity index (χ1) is 4.84. The zero-order chi connectivity index (χ0) is 7.40. The molecular formula is C8H7IO. The molecular weight excluding hydrogens is 239 g/mol. The molecule has 2 heteroatoms. The van der Waals surface area contributed by atoms with Gasteiger partial charge >= 0.3 is 0 Å². The van der Waals surface area contributed by atoms with Crippen molar-refractivity contribution in [3.05, 3.63) is 36.0 Å². The van der Waals surface area contributed by atoms with Gasteiger partial charge in [-0.15, -0.1) is 0 Å². The molecule has 0 radical (unpaired) electrons. The van der Waals surface area contributed by atoms with Crippen molar-refractivity contribution in [3.8, 4) is 0 Å². The van der Waals surface area contributed by atoms with Gasteiger partial charge in [-0.1, -0.05) is 46.9 Å². The average molecular weight is 246 g/mol. The Balaban J connectivity index is 2.59. The SMILES string of the molecule is O=C/C=C/C1=CC=C[C@H]1I. The fraction of sp³-hybridized carbons (Fsp3) is 0.125. The van der Waals surface area contributed by atoms with Crippen LogP contribution >= 0.6 is 22.6 Å². The number of alkyl halides is 1. The Bertz CT molecular complexity index is 213. The lowest BCUT2D eigenvalue weighted by Gasteiger charge is -1.97. The van der Waals surface area contributed by atoms with Crippen LogP contribution in [0, 0.1) is 0 Å². The van der Waals surface area contributed by atoms with Gasteiger partial charge in [0.25, 0.3) is 0 Å². The average Bonchev–Trinajstić information content (AvgIpc) is 2.31. The van der Waals surface area contributed by atoms with E-state index in [0.717, 1.165) is 6.29 Å². The predicted octanol–water partition coefficient (Wildman–Crippen LogP) is 2.04. The minimum absolute atomic E-state index is 0.439. The highest BCUT2D eigenvalue weighted by Gasteiger charge is 2.05. The van der Waals surface area contributed by atoms with Crippen molar-refractivity contribution in [2.24, 2.45) is 0 Å². The molecule has 0 aromatic carbocycles. The standard InChI is InChI=1S/C8H7IO/c9-8-5-1-3-7(8)4-2-6-10/h1-6,8H/b4-2+/t8-/m1/s1. The van der Waals surface area contributed by atoms with Crippen molar-refractivity contribution in [1.82, 2.24) is 0 Å². The number of carbonyl (C=O) groups excluding carboxylic acids is 1. The molecule has 0 aromatic heterocycles. The summed E-state index contributed by atoms with van der Waals surface area (Å²) in [5.74, 6) is 0. The maximum Gasteiger partial charge on any atom is 0.142 e. The van der Waals surface area contributed by atoms with Crippen LogP contribution in [0.4, 0.5) is 0 Å². The van der Waals surface area contributed by atoms with E-state index in [2.05, 4.69) is 28.7 Å². The number of carbonyl (C=O) groups is 1. The zero-order valence-corrected chi connectivity index (χ0v) is 7.49. The van der Waals surface area contributed by atoms with Gasteiger partial charge in [-0.3, -0.25) is 4.79 Å². The van der Waals surface area contributed by atoms with Gasteiger partial charge in [0.05, 0.1) is 3.92 Å². The molecule has 0 amide bonds. The lowest BCUT2D eigenvalue weighted by molar-refractivity contribution is -0.104. The van der Waals surface area contributed by atoms with Gasteiger partial charge in [0.15, 0.2) is 0 Å². The fourth-order valence-electron chi connectivity index (χ4n) is 0.765. The molecule has 0 saturated carbocycles. The number of halogens is 1. The number of allylic oxidation sites excluding steroid dienone is 6. The lowest BCUT2D eigenvalue weighted by atomic mass is 10.2. The Labute approximate surface area is 73.6 Å². The van der Waals surface area contributed by atoms with Crippen LogP contribution in [0.25, 0.3) is 0 Å². The highest BCUT2D eigenvalue weighted by atomic mass is 127. The van der Waals surface area contributed by atoms with Crippen molar-refractivity contribution >= 4 is 28.9 Å². The van der Waals surface area contributed by atoms with Gasteiger partial charge in [-0.2, -0.15) is 0 Å². The lowest BCUT2D eigenvalue weighted by Crippen LogP contribution is -1.89. The molecule has 1 aliphatic rings. The summed E-state index contributed by atoms with van der Waals surface area (Å²) in [6, 6.07) is 0. The van der Waals surface area contributed by atoms with E-state index in [9.17, 15) is 4.79 Å². The number of hydrogen-bond donors (Lipinski definition) is 0. The Morgan fingerprint density at radius 1 is 1.60 bits per heavy atom. The Morgan fingerprint density at radius 2 is 2.40 bits per heavy atom. The summed E-state index contributed by atoms with van der Waals surface area (Å²) in [6.45, 7) is 0. The Hall–Kier alpha value is -0.380. The van der Waals surface area contributed by atoms with Crippen LogP contribution in [-0.2, 0) is 4.79 Å². The van der Waals surface area contributed by atoms with Gasteiger partial charge in [-0.25, -0.2) is 0 Å². The van der Waals surface area contributed by atoms with Crippen LogP contribution in [0.15, 0.2) is 36.0 Å². The molecule has 0 spiro atoms. The second-order valence-electron chi connectivity index (χ2n) is 1.95. The second-order valence-corrected chi connectivity index (χ2v) is 3.29. The van der Waals surface area contributed by atoms with Gasteiger partial charge in [0.2, 0.25) is 0 Å². The van der Waals surface area contributed by atoms with Crippen LogP contribution in [-0.4, -0.2) is 10.2 Å². The topological polar surface area (TPSA) is 17.1 Å². The molecule has 0 N–H and O–H groups in total. The molecule has 0 saturated heterocycles. The summed E-state index contributed by atoms with van der Waals surface area (Å²) < 4.78 is 0.439. The minimum Gasteiger partial charge on any atom is -0.299 e. The molecule has 1 atom stereocenters. The predicted molar refractivity (Wildman–Crippen MR) is 50.2 cm³/mol. The van der Waals surface area contributed by atoms with Crippen molar-refractivity contribution in [1.29, 1.82) is 0 Å². The molecule has 10 heavy (non-hydrogen) atoms. The van der Waals surface area contributed by atoms with Crippen LogP contribution in [0.2, 0.25) is 0 Å². The Kier molecular flexibility index (Phi) is 2.86. The third-order valence-electron chi connectivity index (χ3n) is 1.25. The van der Waals surface area contributed by atoms with E-state index in [1.807, 2.05) is 18.2 Å².